The Bertz CT molecular complexity index is 530. The highest BCUT2D eigenvalue weighted by Crippen LogP contribution is 2.30. The molecule has 0 aromatic heterocycles. The topological polar surface area (TPSA) is 87.7 Å². The van der Waals surface area contributed by atoms with Crippen LogP contribution in [0.1, 0.15) is 30.1 Å². The second-order valence-electron chi connectivity index (χ2n) is 4.98. The lowest BCUT2D eigenvalue weighted by molar-refractivity contribution is -0.136. The van der Waals surface area contributed by atoms with Crippen LogP contribution in [0.3, 0.4) is 0 Å². The summed E-state index contributed by atoms with van der Waals surface area (Å²) in [6, 6.07) is 5.32. The molecule has 1 aromatic rings. The predicted octanol–water partition coefficient (Wildman–Crippen LogP) is 1.52. The summed E-state index contributed by atoms with van der Waals surface area (Å²) in [5.41, 5.74) is 1.42. The van der Waals surface area contributed by atoms with Gasteiger partial charge in [-0.2, -0.15) is 0 Å². The smallest absolute Gasteiger partial charge is 0.304 e. The summed E-state index contributed by atoms with van der Waals surface area (Å²) in [7, 11) is 0. The van der Waals surface area contributed by atoms with Gasteiger partial charge in [-0.25, -0.2) is 0 Å². The van der Waals surface area contributed by atoms with E-state index in [0.717, 1.165) is 24.4 Å². The molecule has 0 saturated heterocycles. The molecule has 0 radical (unpaired) electrons. The van der Waals surface area contributed by atoms with E-state index in [0.29, 0.717) is 5.56 Å². The molecule has 0 aliphatic carbocycles. The third kappa shape index (κ3) is 4.19. The summed E-state index contributed by atoms with van der Waals surface area (Å²) in [6.45, 7) is 3.21. The van der Waals surface area contributed by atoms with Crippen LogP contribution in [-0.2, 0) is 4.79 Å². The van der Waals surface area contributed by atoms with Gasteiger partial charge in [-0.1, -0.05) is 6.92 Å². The van der Waals surface area contributed by atoms with Crippen molar-refractivity contribution in [2.45, 2.75) is 25.9 Å². The van der Waals surface area contributed by atoms with Crippen molar-refractivity contribution >= 4 is 17.4 Å². The Hall–Kier alpha value is -2.08. The van der Waals surface area contributed by atoms with Crippen LogP contribution in [0, 0.1) is 0 Å². The van der Waals surface area contributed by atoms with Crippen LogP contribution in [-0.4, -0.2) is 42.6 Å². The average molecular weight is 292 g/mol. The van der Waals surface area contributed by atoms with Gasteiger partial charge in [0.1, 0.15) is 11.9 Å². The van der Waals surface area contributed by atoms with Gasteiger partial charge in [0.05, 0.1) is 25.2 Å². The van der Waals surface area contributed by atoms with E-state index in [-0.39, 0.29) is 31.4 Å². The zero-order valence-corrected chi connectivity index (χ0v) is 12.0. The second-order valence-corrected chi connectivity index (χ2v) is 4.98. The van der Waals surface area contributed by atoms with Crippen LogP contribution in [0.4, 0.5) is 5.69 Å². The van der Waals surface area contributed by atoms with Gasteiger partial charge in [-0.15, -0.1) is 0 Å². The fraction of sp³-hybridized carbons (Fsp3) is 0.467. The van der Waals surface area contributed by atoms with Crippen molar-refractivity contribution in [3.8, 4) is 5.75 Å². The van der Waals surface area contributed by atoms with E-state index in [1.807, 2.05) is 0 Å². The molecule has 0 spiro atoms. The molecule has 0 saturated carbocycles. The number of carbonyl (C=O) groups excluding carboxylic acids is 1. The van der Waals surface area contributed by atoms with Crippen molar-refractivity contribution in [1.29, 1.82) is 0 Å². The number of carboxylic acid groups (broad SMARTS) is 1. The summed E-state index contributed by atoms with van der Waals surface area (Å²) in [5.74, 6) is -0.179. The highest BCUT2D eigenvalue weighted by molar-refractivity contribution is 5.98. The summed E-state index contributed by atoms with van der Waals surface area (Å²) < 4.78 is 5.79. The number of carboxylic acids is 1. The van der Waals surface area contributed by atoms with E-state index in [1.165, 1.54) is 0 Å². The normalized spacial score (nSPS) is 16.5. The van der Waals surface area contributed by atoms with Gasteiger partial charge >= 0.3 is 5.97 Å². The number of rotatable bonds is 7. The third-order valence-electron chi connectivity index (χ3n) is 3.37. The molecule has 114 valence electrons. The van der Waals surface area contributed by atoms with Gasteiger partial charge in [0.2, 0.25) is 0 Å². The molecule has 0 bridgehead atoms. The minimum atomic E-state index is -0.879. The van der Waals surface area contributed by atoms with E-state index < -0.39 is 5.97 Å². The van der Waals surface area contributed by atoms with Gasteiger partial charge < -0.3 is 20.5 Å². The van der Waals surface area contributed by atoms with E-state index in [1.54, 1.807) is 18.2 Å². The largest absolute Gasteiger partial charge is 0.486 e. The molecule has 1 aliphatic rings. The highest BCUT2D eigenvalue weighted by atomic mass is 16.5. The van der Waals surface area contributed by atoms with Crippen LogP contribution in [0.15, 0.2) is 18.2 Å². The van der Waals surface area contributed by atoms with Crippen molar-refractivity contribution in [1.82, 2.24) is 5.32 Å². The number of carbonyl (C=O) groups is 2. The van der Waals surface area contributed by atoms with Gasteiger partial charge in [0, 0.05) is 12.1 Å². The molecular formula is C15H20N2O4. The number of benzene rings is 1. The number of nitrogens with one attached hydrogen (secondary N) is 2. The lowest BCUT2D eigenvalue weighted by atomic mass is 10.1. The summed E-state index contributed by atoms with van der Waals surface area (Å²) >= 11 is 0. The first-order valence-electron chi connectivity index (χ1n) is 7.10. The van der Waals surface area contributed by atoms with Crippen molar-refractivity contribution in [3.05, 3.63) is 23.8 Å². The first kappa shape index (κ1) is 15.3. The molecular weight excluding hydrogens is 272 g/mol. The molecule has 6 nitrogen and oxygen atoms in total. The molecule has 21 heavy (non-hydrogen) atoms. The number of ether oxygens (including phenoxy) is 1. The fourth-order valence-corrected chi connectivity index (χ4v) is 2.12. The summed E-state index contributed by atoms with van der Waals surface area (Å²) in [4.78, 5) is 22.4. The molecule has 1 aromatic carbocycles. The second kappa shape index (κ2) is 7.08. The maximum atomic E-state index is 12.0. The molecule has 1 atom stereocenters. The number of anilines is 1. The SMILES string of the molecule is CCC1CNc2cc(C(=O)CNCCC(=O)O)ccc2O1. The average Bonchev–Trinajstić information content (AvgIpc) is 2.50. The van der Waals surface area contributed by atoms with Gasteiger partial charge in [0.25, 0.3) is 0 Å². The molecule has 1 aliphatic heterocycles. The highest BCUT2D eigenvalue weighted by Gasteiger charge is 2.19. The molecule has 2 rings (SSSR count). The van der Waals surface area contributed by atoms with Crippen molar-refractivity contribution in [2.75, 3.05) is 25.0 Å². The summed E-state index contributed by atoms with van der Waals surface area (Å²) in [5, 5.41) is 14.6. The standard InChI is InChI=1S/C15H20N2O4/c1-2-11-8-17-12-7-10(3-4-14(12)21-11)13(18)9-16-6-5-15(19)20/h3-4,7,11,16-17H,2,5-6,8-9H2,1H3,(H,19,20). The first-order valence-corrected chi connectivity index (χ1v) is 7.10. The van der Waals surface area contributed by atoms with Crippen molar-refractivity contribution < 1.29 is 19.4 Å². The Labute approximate surface area is 123 Å². The van der Waals surface area contributed by atoms with E-state index in [4.69, 9.17) is 9.84 Å². The third-order valence-corrected chi connectivity index (χ3v) is 3.37. The Balaban J connectivity index is 1.92. The monoisotopic (exact) mass is 292 g/mol. The van der Waals surface area contributed by atoms with Crippen LogP contribution in [0.2, 0.25) is 0 Å². The maximum absolute atomic E-state index is 12.0. The molecule has 0 amide bonds. The minimum Gasteiger partial charge on any atom is -0.486 e. The maximum Gasteiger partial charge on any atom is 0.304 e. The van der Waals surface area contributed by atoms with Crippen molar-refractivity contribution in [3.63, 3.8) is 0 Å². The Morgan fingerprint density at radius 2 is 2.29 bits per heavy atom. The number of fused-ring (bicyclic) bond motifs is 1. The van der Waals surface area contributed by atoms with Gasteiger partial charge in [0.15, 0.2) is 5.78 Å². The summed E-state index contributed by atoms with van der Waals surface area (Å²) in [6.07, 6.45) is 1.10. The number of hydrogen-bond acceptors (Lipinski definition) is 5. The molecule has 0 fully saturated rings. The van der Waals surface area contributed by atoms with Crippen LogP contribution < -0.4 is 15.4 Å². The van der Waals surface area contributed by atoms with Crippen LogP contribution >= 0.6 is 0 Å². The fourth-order valence-electron chi connectivity index (χ4n) is 2.12. The van der Waals surface area contributed by atoms with Gasteiger partial charge in [-0.05, 0) is 24.6 Å². The van der Waals surface area contributed by atoms with Gasteiger partial charge in [-0.3, -0.25) is 9.59 Å². The van der Waals surface area contributed by atoms with E-state index in [2.05, 4.69) is 17.6 Å². The molecule has 1 unspecified atom stereocenters. The van der Waals surface area contributed by atoms with Crippen LogP contribution in [0.25, 0.3) is 0 Å². The Kier molecular flexibility index (Phi) is 5.16. The number of hydrogen-bond donors (Lipinski definition) is 3. The van der Waals surface area contributed by atoms with Crippen molar-refractivity contribution in [2.24, 2.45) is 0 Å². The quantitative estimate of drug-likeness (QED) is 0.521. The Morgan fingerprint density at radius 1 is 1.48 bits per heavy atom. The van der Waals surface area contributed by atoms with Crippen LogP contribution in [0.5, 0.6) is 5.75 Å². The molecule has 3 N–H and O–H groups in total. The Morgan fingerprint density at radius 3 is 3.00 bits per heavy atom. The first-order chi connectivity index (χ1) is 10.1. The number of Topliss-reactive ketones (excluding diaryl/α,β-unsaturated/α-hetero) is 1. The zero-order valence-electron chi connectivity index (χ0n) is 12.0. The lowest BCUT2D eigenvalue weighted by Gasteiger charge is -2.26. The molecule has 6 heteroatoms. The number of aliphatic carboxylic acids is 1. The lowest BCUT2D eigenvalue weighted by Crippen LogP contribution is -2.30. The number of ketones is 1. The minimum absolute atomic E-state index is 0.00523. The van der Waals surface area contributed by atoms with E-state index in [9.17, 15) is 9.59 Å². The predicted molar refractivity (Wildman–Crippen MR) is 79.1 cm³/mol. The zero-order chi connectivity index (χ0) is 15.2. The van der Waals surface area contributed by atoms with E-state index >= 15 is 0 Å². The molecule has 1 heterocycles.